The first-order valence-corrected chi connectivity index (χ1v) is 8.84. The van der Waals surface area contributed by atoms with Gasteiger partial charge in [-0.05, 0) is 41.7 Å². The van der Waals surface area contributed by atoms with E-state index >= 15 is 0 Å². The van der Waals surface area contributed by atoms with Gasteiger partial charge in [0.15, 0.2) is 0 Å². The molecule has 0 radical (unpaired) electrons. The van der Waals surface area contributed by atoms with Gasteiger partial charge in [-0.3, -0.25) is 4.79 Å². The zero-order valence-corrected chi connectivity index (χ0v) is 15.4. The molecule has 1 N–H and O–H groups in total. The molecule has 0 unspecified atom stereocenters. The first-order valence-electron chi connectivity index (χ1n) is 8.46. The average molecular weight is 345 g/mol. The molecule has 1 amide bonds. The van der Waals surface area contributed by atoms with Crippen LogP contribution >= 0.6 is 11.6 Å². The van der Waals surface area contributed by atoms with Crippen molar-refractivity contribution >= 4 is 23.2 Å². The summed E-state index contributed by atoms with van der Waals surface area (Å²) >= 11 is 5.99. The number of carbonyl (C=O) groups excluding carboxylic acids is 1. The molecule has 0 saturated heterocycles. The quantitative estimate of drug-likeness (QED) is 0.506. The normalized spacial score (nSPS) is 11.3. The van der Waals surface area contributed by atoms with Crippen molar-refractivity contribution in [3.05, 3.63) is 58.9 Å². The molecule has 0 aliphatic carbocycles. The number of benzene rings is 1. The number of carbonyl (C=O) groups is 1. The molecule has 0 aliphatic rings. The number of nitrogens with one attached hydrogen (secondary N) is 1. The summed E-state index contributed by atoms with van der Waals surface area (Å²) in [5, 5.41) is 3.13. The van der Waals surface area contributed by atoms with Crippen LogP contribution in [0.15, 0.2) is 42.6 Å². The molecule has 1 aromatic carbocycles. The van der Waals surface area contributed by atoms with Crippen LogP contribution in [0.5, 0.6) is 0 Å². The van der Waals surface area contributed by atoms with E-state index in [4.69, 9.17) is 11.6 Å². The number of aromatic nitrogens is 1. The highest BCUT2D eigenvalue weighted by Gasteiger charge is 2.20. The van der Waals surface area contributed by atoms with Crippen molar-refractivity contribution in [1.82, 2.24) is 4.98 Å². The monoisotopic (exact) mass is 344 g/mol. The molecule has 3 nitrogen and oxygen atoms in total. The van der Waals surface area contributed by atoms with E-state index < -0.39 is 0 Å². The molecule has 2 aromatic rings. The second-order valence-corrected chi connectivity index (χ2v) is 7.08. The molecule has 0 spiro atoms. The lowest BCUT2D eigenvalue weighted by Gasteiger charge is -2.26. The van der Waals surface area contributed by atoms with E-state index in [1.807, 2.05) is 18.2 Å². The SMILES string of the molecule is CCCCCC(C)(C)c1cccc(NC(=O)c2cccnc2Cl)c1. The Hall–Kier alpha value is -1.87. The zero-order chi connectivity index (χ0) is 17.6. The van der Waals surface area contributed by atoms with Gasteiger partial charge < -0.3 is 5.32 Å². The summed E-state index contributed by atoms with van der Waals surface area (Å²) in [6.45, 7) is 6.72. The third kappa shape index (κ3) is 4.81. The molecule has 0 aliphatic heterocycles. The van der Waals surface area contributed by atoms with Gasteiger partial charge in [-0.2, -0.15) is 0 Å². The Bertz CT molecular complexity index is 698. The predicted molar refractivity (Wildman–Crippen MR) is 101 cm³/mol. The molecule has 1 heterocycles. The standard InChI is InChI=1S/C20H25ClN2O/c1-4-5-6-12-20(2,3)15-9-7-10-16(14-15)23-19(24)17-11-8-13-22-18(17)21/h7-11,13-14H,4-6,12H2,1-3H3,(H,23,24). The van der Waals surface area contributed by atoms with Gasteiger partial charge in [-0.25, -0.2) is 4.98 Å². The Morgan fingerprint density at radius 3 is 2.71 bits per heavy atom. The van der Waals surface area contributed by atoms with Crippen LogP contribution in [0.3, 0.4) is 0 Å². The third-order valence-electron chi connectivity index (χ3n) is 4.31. The van der Waals surface area contributed by atoms with Gasteiger partial charge in [-0.15, -0.1) is 0 Å². The van der Waals surface area contributed by atoms with Crippen LogP contribution in [0, 0.1) is 0 Å². The first-order chi connectivity index (χ1) is 11.4. The topological polar surface area (TPSA) is 42.0 Å². The summed E-state index contributed by atoms with van der Waals surface area (Å²) in [7, 11) is 0. The van der Waals surface area contributed by atoms with E-state index in [2.05, 4.69) is 37.1 Å². The fourth-order valence-electron chi connectivity index (χ4n) is 2.73. The van der Waals surface area contributed by atoms with E-state index in [1.165, 1.54) is 24.8 Å². The van der Waals surface area contributed by atoms with Gasteiger partial charge in [0.05, 0.1) is 5.56 Å². The Balaban J connectivity index is 2.13. The number of pyridine rings is 1. The minimum absolute atomic E-state index is 0.0852. The Morgan fingerprint density at radius 2 is 2.00 bits per heavy atom. The lowest BCUT2D eigenvalue weighted by molar-refractivity contribution is 0.102. The third-order valence-corrected chi connectivity index (χ3v) is 4.61. The summed E-state index contributed by atoms with van der Waals surface area (Å²) in [6, 6.07) is 11.4. The van der Waals surface area contributed by atoms with Gasteiger partial charge >= 0.3 is 0 Å². The molecule has 0 atom stereocenters. The largest absolute Gasteiger partial charge is 0.322 e. The Labute approximate surface area is 149 Å². The molecule has 0 fully saturated rings. The number of hydrogen-bond acceptors (Lipinski definition) is 2. The number of rotatable bonds is 7. The van der Waals surface area contributed by atoms with E-state index in [0.717, 1.165) is 12.1 Å². The van der Waals surface area contributed by atoms with Crippen molar-refractivity contribution in [3.8, 4) is 0 Å². The maximum absolute atomic E-state index is 12.4. The predicted octanol–water partition coefficient (Wildman–Crippen LogP) is 5.85. The lowest BCUT2D eigenvalue weighted by atomic mass is 9.80. The minimum atomic E-state index is -0.242. The van der Waals surface area contributed by atoms with Crippen LogP contribution in [0.1, 0.15) is 62.4 Å². The van der Waals surface area contributed by atoms with Gasteiger partial charge in [-0.1, -0.05) is 63.8 Å². The zero-order valence-electron chi connectivity index (χ0n) is 14.6. The first kappa shape index (κ1) is 18.5. The van der Waals surface area contributed by atoms with Crippen molar-refractivity contribution in [2.45, 2.75) is 51.9 Å². The van der Waals surface area contributed by atoms with Crippen LogP contribution in [-0.4, -0.2) is 10.9 Å². The second-order valence-electron chi connectivity index (χ2n) is 6.72. The van der Waals surface area contributed by atoms with E-state index in [-0.39, 0.29) is 16.5 Å². The smallest absolute Gasteiger partial charge is 0.258 e. The van der Waals surface area contributed by atoms with Crippen molar-refractivity contribution in [1.29, 1.82) is 0 Å². The highest BCUT2D eigenvalue weighted by atomic mass is 35.5. The second kappa shape index (κ2) is 8.29. The van der Waals surface area contributed by atoms with Crippen molar-refractivity contribution in [2.24, 2.45) is 0 Å². The minimum Gasteiger partial charge on any atom is -0.322 e. The number of anilines is 1. The van der Waals surface area contributed by atoms with E-state index in [1.54, 1.807) is 18.3 Å². The highest BCUT2D eigenvalue weighted by Crippen LogP contribution is 2.31. The van der Waals surface area contributed by atoms with E-state index in [9.17, 15) is 4.79 Å². The fourth-order valence-corrected chi connectivity index (χ4v) is 2.94. The summed E-state index contributed by atoms with van der Waals surface area (Å²) in [6.07, 6.45) is 6.38. The van der Waals surface area contributed by atoms with Crippen LogP contribution < -0.4 is 5.32 Å². The molecule has 2 rings (SSSR count). The van der Waals surface area contributed by atoms with E-state index in [0.29, 0.717) is 5.56 Å². The maximum Gasteiger partial charge on any atom is 0.258 e. The molecular formula is C20H25ClN2O. The van der Waals surface area contributed by atoms with Gasteiger partial charge in [0.2, 0.25) is 0 Å². The number of halogens is 1. The van der Waals surface area contributed by atoms with Gasteiger partial charge in [0, 0.05) is 11.9 Å². The average Bonchev–Trinajstić information content (AvgIpc) is 2.55. The van der Waals surface area contributed by atoms with Gasteiger partial charge in [0.1, 0.15) is 5.15 Å². The van der Waals surface area contributed by atoms with Crippen molar-refractivity contribution in [2.75, 3.05) is 5.32 Å². The molecular weight excluding hydrogens is 320 g/mol. The number of amides is 1. The number of nitrogens with zero attached hydrogens (tertiary/aromatic N) is 1. The maximum atomic E-state index is 12.4. The fraction of sp³-hybridized carbons (Fsp3) is 0.400. The number of unbranched alkanes of at least 4 members (excludes halogenated alkanes) is 2. The molecule has 0 saturated carbocycles. The van der Waals surface area contributed by atoms with Crippen LogP contribution in [0.4, 0.5) is 5.69 Å². The summed E-state index contributed by atoms with van der Waals surface area (Å²) in [4.78, 5) is 16.3. The van der Waals surface area contributed by atoms with Crippen LogP contribution in [0.2, 0.25) is 5.15 Å². The van der Waals surface area contributed by atoms with Crippen molar-refractivity contribution in [3.63, 3.8) is 0 Å². The van der Waals surface area contributed by atoms with Crippen LogP contribution in [0.25, 0.3) is 0 Å². The Kier molecular flexibility index (Phi) is 6.38. The van der Waals surface area contributed by atoms with Crippen LogP contribution in [-0.2, 0) is 5.41 Å². The Morgan fingerprint density at radius 1 is 1.21 bits per heavy atom. The highest BCUT2D eigenvalue weighted by molar-refractivity contribution is 6.33. The summed E-state index contributed by atoms with van der Waals surface area (Å²) in [5.41, 5.74) is 2.48. The molecule has 0 bridgehead atoms. The lowest BCUT2D eigenvalue weighted by Crippen LogP contribution is -2.18. The number of hydrogen-bond donors (Lipinski definition) is 1. The molecule has 24 heavy (non-hydrogen) atoms. The molecule has 4 heteroatoms. The molecule has 128 valence electrons. The van der Waals surface area contributed by atoms with Gasteiger partial charge in [0.25, 0.3) is 5.91 Å². The van der Waals surface area contributed by atoms with Crippen molar-refractivity contribution < 1.29 is 4.79 Å². The summed E-state index contributed by atoms with van der Waals surface area (Å²) in [5.74, 6) is -0.242. The molecule has 1 aromatic heterocycles. The summed E-state index contributed by atoms with van der Waals surface area (Å²) < 4.78 is 0.